The fraction of sp³-hybridized carbons (Fsp3) is 1.00. The van der Waals surface area contributed by atoms with Crippen LogP contribution in [0.1, 0.15) is 39.5 Å². The van der Waals surface area contributed by atoms with E-state index in [1.54, 1.807) is 0 Å². The van der Waals surface area contributed by atoms with Crippen LogP contribution in [0.15, 0.2) is 0 Å². The summed E-state index contributed by atoms with van der Waals surface area (Å²) < 4.78 is 5.44. The maximum Gasteiger partial charge on any atom is 0.0518 e. The Kier molecular flexibility index (Phi) is 4.62. The summed E-state index contributed by atoms with van der Waals surface area (Å²) in [7, 11) is 0. The van der Waals surface area contributed by atoms with Crippen LogP contribution in [0.3, 0.4) is 0 Å². The van der Waals surface area contributed by atoms with Crippen LogP contribution in [0.2, 0.25) is 0 Å². The molecule has 1 N–H and O–H groups in total. The number of nitrogens with one attached hydrogen (secondary N) is 1. The zero-order valence-electron chi connectivity index (χ0n) is 8.31. The third kappa shape index (κ3) is 4.07. The first-order valence-corrected chi connectivity index (χ1v) is 5.14. The fourth-order valence-electron chi connectivity index (χ4n) is 1.31. The molecule has 0 atom stereocenters. The molecule has 1 fully saturated rings. The van der Waals surface area contributed by atoms with Gasteiger partial charge in [0, 0.05) is 12.6 Å². The molecule has 1 aliphatic carbocycles. The minimum atomic E-state index is 0.383. The summed E-state index contributed by atoms with van der Waals surface area (Å²) in [6.07, 6.45) is 5.71. The molecular formula is C10H21NO. The number of rotatable bonds is 6. The summed E-state index contributed by atoms with van der Waals surface area (Å²) in [4.78, 5) is 0. The molecule has 0 bridgehead atoms. The molecule has 0 spiro atoms. The van der Waals surface area contributed by atoms with Gasteiger partial charge in [-0.15, -0.1) is 0 Å². The minimum Gasteiger partial charge on any atom is -0.379 e. The monoisotopic (exact) mass is 171 g/mol. The zero-order chi connectivity index (χ0) is 8.81. The Morgan fingerprint density at radius 3 is 2.67 bits per heavy atom. The van der Waals surface area contributed by atoms with Crippen LogP contribution in [0.25, 0.3) is 0 Å². The lowest BCUT2D eigenvalue weighted by molar-refractivity contribution is 0.0762. The fourth-order valence-corrected chi connectivity index (χ4v) is 1.31. The lowest BCUT2D eigenvalue weighted by Crippen LogP contribution is -2.36. The number of hydrogen-bond acceptors (Lipinski definition) is 2. The molecule has 0 heterocycles. The van der Waals surface area contributed by atoms with Gasteiger partial charge >= 0.3 is 0 Å². The highest BCUT2D eigenvalue weighted by Crippen LogP contribution is 2.17. The third-order valence-electron chi connectivity index (χ3n) is 2.31. The molecule has 2 nitrogen and oxygen atoms in total. The average Bonchev–Trinajstić information content (AvgIpc) is 1.92. The summed E-state index contributed by atoms with van der Waals surface area (Å²) in [5.74, 6) is 0. The zero-order valence-corrected chi connectivity index (χ0v) is 8.31. The van der Waals surface area contributed by atoms with Crippen molar-refractivity contribution in [2.75, 3.05) is 13.2 Å². The van der Waals surface area contributed by atoms with Gasteiger partial charge in [0.15, 0.2) is 0 Å². The number of hydrogen-bond donors (Lipinski definition) is 1. The first-order valence-electron chi connectivity index (χ1n) is 5.14. The molecule has 0 unspecified atom stereocenters. The largest absolute Gasteiger partial charge is 0.379 e. The van der Waals surface area contributed by atoms with E-state index in [1.165, 1.54) is 19.3 Å². The van der Waals surface area contributed by atoms with Gasteiger partial charge in [-0.1, -0.05) is 6.42 Å². The second-order valence-corrected chi connectivity index (χ2v) is 3.86. The summed E-state index contributed by atoms with van der Waals surface area (Å²) in [6.45, 7) is 6.19. The van der Waals surface area contributed by atoms with Crippen molar-refractivity contribution in [1.29, 1.82) is 0 Å². The van der Waals surface area contributed by atoms with Crippen LogP contribution in [0.5, 0.6) is 0 Å². The van der Waals surface area contributed by atoms with E-state index in [1.807, 2.05) is 0 Å². The molecule has 72 valence electrons. The van der Waals surface area contributed by atoms with E-state index in [9.17, 15) is 0 Å². The molecule has 0 amide bonds. The summed E-state index contributed by atoms with van der Waals surface area (Å²) in [6, 6.07) is 0.823. The Labute approximate surface area is 75.7 Å². The van der Waals surface area contributed by atoms with Gasteiger partial charge in [0.25, 0.3) is 0 Å². The SMILES string of the molecule is CC(C)OCCCNC1CCC1. The standard InChI is InChI=1S/C10H21NO/c1-9(2)12-8-4-7-11-10-5-3-6-10/h9-11H,3-8H2,1-2H3. The predicted molar refractivity (Wildman–Crippen MR) is 51.3 cm³/mol. The Balaban J connectivity index is 1.76. The van der Waals surface area contributed by atoms with Crippen molar-refractivity contribution in [2.45, 2.75) is 51.7 Å². The van der Waals surface area contributed by atoms with Gasteiger partial charge in [-0.05, 0) is 39.7 Å². The van der Waals surface area contributed by atoms with Gasteiger partial charge < -0.3 is 10.1 Å². The Hall–Kier alpha value is -0.0800. The van der Waals surface area contributed by atoms with Crippen molar-refractivity contribution in [3.8, 4) is 0 Å². The second-order valence-electron chi connectivity index (χ2n) is 3.86. The second kappa shape index (κ2) is 5.55. The Morgan fingerprint density at radius 2 is 2.17 bits per heavy atom. The molecule has 1 aliphatic rings. The lowest BCUT2D eigenvalue weighted by atomic mass is 9.93. The van der Waals surface area contributed by atoms with Crippen LogP contribution >= 0.6 is 0 Å². The summed E-state index contributed by atoms with van der Waals surface area (Å²) in [5.41, 5.74) is 0. The molecule has 0 radical (unpaired) electrons. The summed E-state index contributed by atoms with van der Waals surface area (Å²) in [5, 5.41) is 3.51. The predicted octanol–water partition coefficient (Wildman–Crippen LogP) is 1.94. The van der Waals surface area contributed by atoms with Crippen molar-refractivity contribution in [3.05, 3.63) is 0 Å². The third-order valence-corrected chi connectivity index (χ3v) is 2.31. The van der Waals surface area contributed by atoms with Crippen LogP contribution in [-0.4, -0.2) is 25.3 Å². The van der Waals surface area contributed by atoms with E-state index in [4.69, 9.17) is 4.74 Å². The van der Waals surface area contributed by atoms with Gasteiger partial charge in [-0.2, -0.15) is 0 Å². The van der Waals surface area contributed by atoms with Crippen molar-refractivity contribution in [2.24, 2.45) is 0 Å². The first kappa shape index (κ1) is 10.0. The quantitative estimate of drug-likeness (QED) is 0.617. The van der Waals surface area contributed by atoms with E-state index in [0.29, 0.717) is 6.10 Å². The van der Waals surface area contributed by atoms with Crippen LogP contribution in [-0.2, 0) is 4.74 Å². The van der Waals surface area contributed by atoms with Crippen molar-refractivity contribution in [1.82, 2.24) is 5.32 Å². The Morgan fingerprint density at radius 1 is 1.42 bits per heavy atom. The maximum atomic E-state index is 5.44. The highest BCUT2D eigenvalue weighted by molar-refractivity contribution is 4.75. The van der Waals surface area contributed by atoms with Gasteiger partial charge in [0.05, 0.1) is 6.10 Å². The van der Waals surface area contributed by atoms with Crippen LogP contribution < -0.4 is 5.32 Å². The molecule has 0 aromatic heterocycles. The highest BCUT2D eigenvalue weighted by Gasteiger charge is 2.15. The molecule has 12 heavy (non-hydrogen) atoms. The normalized spacial score (nSPS) is 18.2. The van der Waals surface area contributed by atoms with Crippen LogP contribution in [0, 0.1) is 0 Å². The van der Waals surface area contributed by atoms with Gasteiger partial charge in [-0.25, -0.2) is 0 Å². The van der Waals surface area contributed by atoms with E-state index >= 15 is 0 Å². The van der Waals surface area contributed by atoms with Crippen molar-refractivity contribution >= 4 is 0 Å². The molecule has 1 rings (SSSR count). The lowest BCUT2D eigenvalue weighted by Gasteiger charge is -2.26. The summed E-state index contributed by atoms with van der Waals surface area (Å²) >= 11 is 0. The molecule has 2 heteroatoms. The van der Waals surface area contributed by atoms with Crippen LogP contribution in [0.4, 0.5) is 0 Å². The highest BCUT2D eigenvalue weighted by atomic mass is 16.5. The van der Waals surface area contributed by atoms with Crippen molar-refractivity contribution in [3.63, 3.8) is 0 Å². The molecule has 0 aromatic carbocycles. The first-order chi connectivity index (χ1) is 5.79. The topological polar surface area (TPSA) is 21.3 Å². The van der Waals surface area contributed by atoms with E-state index in [0.717, 1.165) is 25.6 Å². The molecule has 0 saturated heterocycles. The van der Waals surface area contributed by atoms with Gasteiger partial charge in [0.1, 0.15) is 0 Å². The molecular weight excluding hydrogens is 150 g/mol. The molecule has 0 aromatic rings. The smallest absolute Gasteiger partial charge is 0.0518 e. The van der Waals surface area contributed by atoms with E-state index in [-0.39, 0.29) is 0 Å². The van der Waals surface area contributed by atoms with Crippen molar-refractivity contribution < 1.29 is 4.74 Å². The number of ether oxygens (including phenoxy) is 1. The maximum absolute atomic E-state index is 5.44. The van der Waals surface area contributed by atoms with E-state index in [2.05, 4.69) is 19.2 Å². The molecule has 0 aliphatic heterocycles. The van der Waals surface area contributed by atoms with Gasteiger partial charge in [0.2, 0.25) is 0 Å². The minimum absolute atomic E-state index is 0.383. The Bertz CT molecular complexity index is 110. The van der Waals surface area contributed by atoms with Gasteiger partial charge in [-0.3, -0.25) is 0 Å². The van der Waals surface area contributed by atoms with E-state index < -0.39 is 0 Å². The molecule has 1 saturated carbocycles. The average molecular weight is 171 g/mol.